The van der Waals surface area contributed by atoms with Gasteiger partial charge in [0.15, 0.2) is 0 Å². The average molecular weight is 301 g/mol. The highest BCUT2D eigenvalue weighted by molar-refractivity contribution is 7.57. The van der Waals surface area contributed by atoms with Gasteiger partial charge in [0.05, 0.1) is 5.56 Å². The van der Waals surface area contributed by atoms with Crippen molar-refractivity contribution in [3.63, 3.8) is 0 Å². The molecule has 0 amide bonds. The van der Waals surface area contributed by atoms with Crippen LogP contribution in [0.15, 0.2) is 24.3 Å². The molecule has 1 rings (SSSR count). The third kappa shape index (κ3) is 5.13. The maximum atomic E-state index is 12.0. The Balaban J connectivity index is 2.71. The lowest BCUT2D eigenvalue weighted by molar-refractivity contribution is -0.138. The summed E-state index contributed by atoms with van der Waals surface area (Å²) in [4.78, 5) is 31.1. The molecule has 0 aliphatic rings. The molecule has 7 nitrogen and oxygen atoms in total. The van der Waals surface area contributed by atoms with Crippen molar-refractivity contribution >= 4 is 19.3 Å². The Morgan fingerprint density at radius 1 is 1.30 bits per heavy atom. The van der Waals surface area contributed by atoms with Crippen LogP contribution in [-0.2, 0) is 15.5 Å². The summed E-state index contributed by atoms with van der Waals surface area (Å²) in [5, 5.41) is 17.4. The fourth-order valence-electron chi connectivity index (χ4n) is 1.63. The van der Waals surface area contributed by atoms with Crippen molar-refractivity contribution in [2.75, 3.05) is 6.16 Å². The minimum absolute atomic E-state index is 0.0322. The lowest BCUT2D eigenvalue weighted by Crippen LogP contribution is -2.30. The van der Waals surface area contributed by atoms with Crippen LogP contribution in [0.3, 0.4) is 0 Å². The molecule has 0 saturated carbocycles. The van der Waals surface area contributed by atoms with E-state index in [9.17, 15) is 19.0 Å². The summed E-state index contributed by atoms with van der Waals surface area (Å²) in [6.07, 6.45) is -0.542. The van der Waals surface area contributed by atoms with E-state index in [0.29, 0.717) is 5.56 Å². The summed E-state index contributed by atoms with van der Waals surface area (Å²) < 4.78 is 12.0. The summed E-state index contributed by atoms with van der Waals surface area (Å²) in [5.41, 5.74) is 5.72. The van der Waals surface area contributed by atoms with Crippen LogP contribution in [0, 0.1) is 0 Å². The standard InChI is InChI=1S/C12H16NO6P/c13-10(12(16)17)4-5-20(18,19)7-8-2-1-3-9(6-8)11(14)15/h1-3,6,10H,4-5,7,13H2,(H,14,15)(H,16,17)(H,18,19)/t10-/m0/s1. The van der Waals surface area contributed by atoms with E-state index in [-0.39, 0.29) is 24.3 Å². The Bertz CT molecular complexity index is 559. The van der Waals surface area contributed by atoms with Crippen molar-refractivity contribution in [1.82, 2.24) is 0 Å². The van der Waals surface area contributed by atoms with Gasteiger partial charge in [-0.1, -0.05) is 12.1 Å². The SMILES string of the molecule is N[C@@H](CCP(=O)(O)Cc1cccc(C(=O)O)c1)C(=O)O. The second kappa shape index (κ2) is 6.65. The molecule has 1 aromatic rings. The summed E-state index contributed by atoms with van der Waals surface area (Å²) >= 11 is 0. The lowest BCUT2D eigenvalue weighted by atomic mass is 10.1. The molecular formula is C12H16NO6P. The molecular weight excluding hydrogens is 285 g/mol. The van der Waals surface area contributed by atoms with E-state index in [0.717, 1.165) is 0 Å². The lowest BCUT2D eigenvalue weighted by Gasteiger charge is -2.13. The Morgan fingerprint density at radius 3 is 2.50 bits per heavy atom. The first-order chi connectivity index (χ1) is 9.21. The quantitative estimate of drug-likeness (QED) is 0.550. The van der Waals surface area contributed by atoms with Crippen LogP contribution in [-0.4, -0.2) is 39.2 Å². The van der Waals surface area contributed by atoms with Gasteiger partial charge >= 0.3 is 11.9 Å². The van der Waals surface area contributed by atoms with E-state index in [1.807, 2.05) is 0 Å². The van der Waals surface area contributed by atoms with Crippen LogP contribution in [0.5, 0.6) is 0 Å². The van der Waals surface area contributed by atoms with Gasteiger partial charge in [-0.15, -0.1) is 0 Å². The van der Waals surface area contributed by atoms with E-state index in [1.54, 1.807) is 6.07 Å². The minimum Gasteiger partial charge on any atom is -0.480 e. The number of hydrogen-bond donors (Lipinski definition) is 4. The number of benzene rings is 1. The second-order valence-electron chi connectivity index (χ2n) is 4.47. The molecule has 8 heteroatoms. The van der Waals surface area contributed by atoms with Gasteiger partial charge in [-0.05, 0) is 24.1 Å². The van der Waals surface area contributed by atoms with E-state index in [4.69, 9.17) is 15.9 Å². The molecule has 0 bridgehead atoms. The average Bonchev–Trinajstić information content (AvgIpc) is 2.35. The summed E-state index contributed by atoms with van der Waals surface area (Å²) in [5.74, 6) is -2.34. The van der Waals surface area contributed by atoms with Crippen LogP contribution in [0.25, 0.3) is 0 Å². The topological polar surface area (TPSA) is 138 Å². The highest BCUT2D eigenvalue weighted by atomic mass is 31.2. The molecule has 0 fully saturated rings. The van der Waals surface area contributed by atoms with Gasteiger partial charge in [-0.3, -0.25) is 9.36 Å². The number of carbonyl (C=O) groups is 2. The third-order valence-corrected chi connectivity index (χ3v) is 4.53. The number of nitrogens with two attached hydrogens (primary N) is 1. The van der Waals surface area contributed by atoms with E-state index >= 15 is 0 Å². The van der Waals surface area contributed by atoms with Crippen LogP contribution >= 0.6 is 7.37 Å². The first-order valence-corrected chi connectivity index (χ1v) is 7.86. The molecule has 0 aromatic heterocycles. The molecule has 0 heterocycles. The number of aromatic carboxylic acids is 1. The summed E-state index contributed by atoms with van der Waals surface area (Å²) in [6, 6.07) is 4.56. The van der Waals surface area contributed by atoms with Gasteiger partial charge in [0.25, 0.3) is 0 Å². The Kier molecular flexibility index (Phi) is 5.44. The first-order valence-electron chi connectivity index (χ1n) is 5.83. The van der Waals surface area contributed by atoms with Gasteiger partial charge in [0, 0.05) is 12.3 Å². The normalized spacial score (nSPS) is 15.3. The fourth-order valence-corrected chi connectivity index (χ4v) is 3.24. The largest absolute Gasteiger partial charge is 0.480 e. The van der Waals surface area contributed by atoms with Crippen molar-refractivity contribution in [3.05, 3.63) is 35.4 Å². The second-order valence-corrected chi connectivity index (χ2v) is 6.92. The van der Waals surface area contributed by atoms with E-state index < -0.39 is 25.3 Å². The number of carboxylic acid groups (broad SMARTS) is 2. The molecule has 1 aromatic carbocycles. The zero-order valence-corrected chi connectivity index (χ0v) is 11.5. The summed E-state index contributed by atoms with van der Waals surface area (Å²) in [6.45, 7) is 0. The molecule has 0 radical (unpaired) electrons. The number of aliphatic carboxylic acids is 1. The van der Waals surface area contributed by atoms with Crippen molar-refractivity contribution in [3.8, 4) is 0 Å². The third-order valence-electron chi connectivity index (χ3n) is 2.71. The number of carboxylic acids is 2. The van der Waals surface area contributed by atoms with Crippen molar-refractivity contribution in [2.45, 2.75) is 18.6 Å². The highest BCUT2D eigenvalue weighted by Crippen LogP contribution is 2.45. The predicted octanol–water partition coefficient (Wildman–Crippen LogP) is 0.957. The molecule has 2 atom stereocenters. The van der Waals surface area contributed by atoms with Gasteiger partial charge in [-0.2, -0.15) is 0 Å². The van der Waals surface area contributed by atoms with Crippen LogP contribution in [0.2, 0.25) is 0 Å². The monoisotopic (exact) mass is 301 g/mol. The van der Waals surface area contributed by atoms with Gasteiger partial charge < -0.3 is 20.8 Å². The molecule has 0 aliphatic heterocycles. The van der Waals surface area contributed by atoms with Crippen LogP contribution < -0.4 is 5.73 Å². The maximum Gasteiger partial charge on any atom is 0.335 e. The molecule has 1 unspecified atom stereocenters. The molecule has 0 spiro atoms. The van der Waals surface area contributed by atoms with Gasteiger partial charge in [-0.25, -0.2) is 4.79 Å². The Morgan fingerprint density at radius 2 is 1.95 bits per heavy atom. The molecule has 110 valence electrons. The minimum atomic E-state index is -3.59. The molecule has 0 saturated heterocycles. The fraction of sp³-hybridized carbons (Fsp3) is 0.333. The predicted molar refractivity (Wildman–Crippen MR) is 72.0 cm³/mol. The zero-order valence-electron chi connectivity index (χ0n) is 10.6. The highest BCUT2D eigenvalue weighted by Gasteiger charge is 2.22. The van der Waals surface area contributed by atoms with Crippen molar-refractivity contribution < 1.29 is 29.3 Å². The van der Waals surface area contributed by atoms with Crippen molar-refractivity contribution in [2.24, 2.45) is 5.73 Å². The smallest absolute Gasteiger partial charge is 0.335 e. The summed E-state index contributed by atoms with van der Waals surface area (Å²) in [7, 11) is -3.59. The zero-order chi connectivity index (χ0) is 15.3. The Labute approximate surface area is 115 Å². The number of hydrogen-bond acceptors (Lipinski definition) is 4. The molecule has 5 N–H and O–H groups in total. The van der Waals surface area contributed by atoms with Gasteiger partial charge in [0.2, 0.25) is 7.37 Å². The molecule has 20 heavy (non-hydrogen) atoms. The Hall–Kier alpha value is -1.69. The molecule has 0 aliphatic carbocycles. The first kappa shape index (κ1) is 16.4. The van der Waals surface area contributed by atoms with E-state index in [2.05, 4.69) is 0 Å². The van der Waals surface area contributed by atoms with Crippen molar-refractivity contribution in [1.29, 1.82) is 0 Å². The van der Waals surface area contributed by atoms with Crippen LogP contribution in [0.4, 0.5) is 0 Å². The maximum absolute atomic E-state index is 12.0. The number of rotatable bonds is 7. The van der Waals surface area contributed by atoms with E-state index in [1.165, 1.54) is 18.2 Å². The van der Waals surface area contributed by atoms with Gasteiger partial charge in [0.1, 0.15) is 6.04 Å². The van der Waals surface area contributed by atoms with Crippen LogP contribution in [0.1, 0.15) is 22.3 Å².